The zero-order valence-corrected chi connectivity index (χ0v) is 17.5. The summed E-state index contributed by atoms with van der Waals surface area (Å²) in [5.74, 6) is 1.29. The number of rotatable bonds is 10. The SMILES string of the molecule is CCCOC(/C=C/C(C)=C/CC1OC(C)C(C)CC1C)CC(C)OC. The molecule has 1 aliphatic heterocycles. The van der Waals surface area contributed by atoms with Gasteiger partial charge >= 0.3 is 0 Å². The van der Waals surface area contributed by atoms with Crippen molar-refractivity contribution in [2.24, 2.45) is 11.8 Å². The van der Waals surface area contributed by atoms with E-state index in [0.29, 0.717) is 24.0 Å². The quantitative estimate of drug-likeness (QED) is 0.483. The molecule has 3 heteroatoms. The van der Waals surface area contributed by atoms with Crippen molar-refractivity contribution in [3.05, 3.63) is 23.8 Å². The van der Waals surface area contributed by atoms with Gasteiger partial charge < -0.3 is 14.2 Å². The zero-order chi connectivity index (χ0) is 18.8. The lowest BCUT2D eigenvalue weighted by molar-refractivity contribution is -0.0958. The highest BCUT2D eigenvalue weighted by Crippen LogP contribution is 2.31. The minimum Gasteiger partial charge on any atom is -0.382 e. The van der Waals surface area contributed by atoms with Gasteiger partial charge in [0.25, 0.3) is 0 Å². The van der Waals surface area contributed by atoms with Crippen LogP contribution in [0.5, 0.6) is 0 Å². The maximum Gasteiger partial charge on any atom is 0.0783 e. The second-order valence-corrected chi connectivity index (χ2v) is 7.80. The Kier molecular flexibility index (Phi) is 10.6. The van der Waals surface area contributed by atoms with E-state index in [-0.39, 0.29) is 12.2 Å². The van der Waals surface area contributed by atoms with Crippen LogP contribution >= 0.6 is 0 Å². The van der Waals surface area contributed by atoms with Gasteiger partial charge in [0, 0.05) is 20.1 Å². The molecule has 25 heavy (non-hydrogen) atoms. The molecule has 0 aliphatic carbocycles. The topological polar surface area (TPSA) is 27.7 Å². The summed E-state index contributed by atoms with van der Waals surface area (Å²) in [7, 11) is 1.75. The van der Waals surface area contributed by atoms with Crippen LogP contribution in [0.2, 0.25) is 0 Å². The van der Waals surface area contributed by atoms with Gasteiger partial charge in [0.15, 0.2) is 0 Å². The molecule has 1 rings (SSSR count). The zero-order valence-electron chi connectivity index (χ0n) is 17.5. The van der Waals surface area contributed by atoms with E-state index in [1.54, 1.807) is 7.11 Å². The number of ether oxygens (including phenoxy) is 3. The lowest BCUT2D eigenvalue weighted by Crippen LogP contribution is -2.37. The summed E-state index contributed by atoms with van der Waals surface area (Å²) in [6.07, 6.45) is 11.9. The summed E-state index contributed by atoms with van der Waals surface area (Å²) in [6, 6.07) is 0. The molecule has 0 bridgehead atoms. The fraction of sp³-hybridized carbons (Fsp3) is 0.818. The highest BCUT2D eigenvalue weighted by molar-refractivity contribution is 5.17. The molecule has 0 aromatic rings. The van der Waals surface area contributed by atoms with Gasteiger partial charge in [0.1, 0.15) is 0 Å². The van der Waals surface area contributed by atoms with Crippen LogP contribution in [0.1, 0.15) is 67.2 Å². The highest BCUT2D eigenvalue weighted by Gasteiger charge is 2.30. The van der Waals surface area contributed by atoms with Crippen molar-refractivity contribution in [2.45, 2.75) is 91.6 Å². The lowest BCUT2D eigenvalue weighted by Gasteiger charge is -2.37. The minimum atomic E-state index is 0.115. The molecule has 0 aromatic carbocycles. The van der Waals surface area contributed by atoms with E-state index in [2.05, 4.69) is 59.8 Å². The van der Waals surface area contributed by atoms with E-state index in [1.165, 1.54) is 12.0 Å². The molecule has 0 N–H and O–H groups in total. The van der Waals surface area contributed by atoms with E-state index in [0.717, 1.165) is 25.9 Å². The molecule has 6 atom stereocenters. The number of hydrogen-bond acceptors (Lipinski definition) is 3. The van der Waals surface area contributed by atoms with Gasteiger partial charge in [0.05, 0.1) is 24.4 Å². The molecule has 146 valence electrons. The van der Waals surface area contributed by atoms with E-state index >= 15 is 0 Å². The molecule has 1 saturated heterocycles. The lowest BCUT2D eigenvalue weighted by atomic mass is 9.85. The minimum absolute atomic E-state index is 0.115. The Hall–Kier alpha value is -0.640. The van der Waals surface area contributed by atoms with Crippen LogP contribution < -0.4 is 0 Å². The van der Waals surface area contributed by atoms with Gasteiger partial charge in [0.2, 0.25) is 0 Å². The number of hydrogen-bond donors (Lipinski definition) is 0. The predicted octanol–water partition coefficient (Wildman–Crippen LogP) is 5.55. The van der Waals surface area contributed by atoms with Crippen LogP contribution in [-0.2, 0) is 14.2 Å². The van der Waals surface area contributed by atoms with Gasteiger partial charge in [-0.3, -0.25) is 0 Å². The Balaban J connectivity index is 2.56. The Morgan fingerprint density at radius 1 is 1.24 bits per heavy atom. The maximum absolute atomic E-state index is 6.20. The Morgan fingerprint density at radius 3 is 2.60 bits per heavy atom. The molecule has 0 saturated carbocycles. The monoisotopic (exact) mass is 352 g/mol. The predicted molar refractivity (Wildman–Crippen MR) is 106 cm³/mol. The standard InChI is InChI=1S/C22H40O3/c1-8-13-24-21(15-19(5)23-7)11-9-16(2)10-12-22-18(4)14-17(3)20(6)25-22/h9-11,17-22H,8,12-15H2,1-7H3/b11-9+,16-10+. The number of methoxy groups -OCH3 is 1. The number of allylic oxidation sites excluding steroid dienone is 2. The fourth-order valence-corrected chi connectivity index (χ4v) is 3.29. The molecule has 6 unspecified atom stereocenters. The summed E-state index contributed by atoms with van der Waals surface area (Å²) in [4.78, 5) is 0. The smallest absolute Gasteiger partial charge is 0.0783 e. The summed E-state index contributed by atoms with van der Waals surface area (Å²) in [5.41, 5.74) is 1.28. The normalized spacial score (nSPS) is 30.6. The third-order valence-corrected chi connectivity index (χ3v) is 5.32. The maximum atomic E-state index is 6.20. The van der Waals surface area contributed by atoms with Crippen molar-refractivity contribution in [1.82, 2.24) is 0 Å². The van der Waals surface area contributed by atoms with Crippen molar-refractivity contribution < 1.29 is 14.2 Å². The molecule has 0 spiro atoms. The molecule has 1 fully saturated rings. The van der Waals surface area contributed by atoms with Gasteiger partial charge in [-0.05, 0) is 51.9 Å². The van der Waals surface area contributed by atoms with Crippen molar-refractivity contribution in [2.75, 3.05) is 13.7 Å². The summed E-state index contributed by atoms with van der Waals surface area (Å²) >= 11 is 0. The van der Waals surface area contributed by atoms with Crippen molar-refractivity contribution in [3.63, 3.8) is 0 Å². The van der Waals surface area contributed by atoms with Crippen LogP contribution in [0.25, 0.3) is 0 Å². The van der Waals surface area contributed by atoms with E-state index in [4.69, 9.17) is 14.2 Å². The molecule has 1 heterocycles. The van der Waals surface area contributed by atoms with Crippen LogP contribution in [-0.4, -0.2) is 38.1 Å². The first-order valence-corrected chi connectivity index (χ1v) is 10.0. The van der Waals surface area contributed by atoms with Crippen LogP contribution in [0.4, 0.5) is 0 Å². The van der Waals surface area contributed by atoms with Gasteiger partial charge in [-0.2, -0.15) is 0 Å². The highest BCUT2D eigenvalue weighted by atomic mass is 16.5. The Labute approximate surface area is 155 Å². The first kappa shape index (κ1) is 22.4. The summed E-state index contributed by atoms with van der Waals surface area (Å²) in [5, 5.41) is 0. The third-order valence-electron chi connectivity index (χ3n) is 5.32. The van der Waals surface area contributed by atoms with E-state index < -0.39 is 0 Å². The average Bonchev–Trinajstić information content (AvgIpc) is 2.58. The van der Waals surface area contributed by atoms with E-state index in [1.807, 2.05) is 0 Å². The van der Waals surface area contributed by atoms with Gasteiger partial charge in [-0.25, -0.2) is 0 Å². The van der Waals surface area contributed by atoms with Crippen LogP contribution in [0, 0.1) is 11.8 Å². The van der Waals surface area contributed by atoms with Crippen molar-refractivity contribution >= 4 is 0 Å². The average molecular weight is 353 g/mol. The first-order valence-electron chi connectivity index (χ1n) is 10.0. The molecule has 0 amide bonds. The second kappa shape index (κ2) is 11.9. The molecule has 0 aromatic heterocycles. The van der Waals surface area contributed by atoms with Gasteiger partial charge in [-0.1, -0.05) is 44.6 Å². The Morgan fingerprint density at radius 2 is 1.96 bits per heavy atom. The van der Waals surface area contributed by atoms with Crippen LogP contribution in [0.15, 0.2) is 23.8 Å². The summed E-state index contributed by atoms with van der Waals surface area (Å²) in [6.45, 7) is 14.0. The fourth-order valence-electron chi connectivity index (χ4n) is 3.29. The third kappa shape index (κ3) is 8.52. The largest absolute Gasteiger partial charge is 0.382 e. The van der Waals surface area contributed by atoms with Gasteiger partial charge in [-0.15, -0.1) is 0 Å². The van der Waals surface area contributed by atoms with E-state index in [9.17, 15) is 0 Å². The second-order valence-electron chi connectivity index (χ2n) is 7.80. The Bertz CT molecular complexity index is 415. The van der Waals surface area contributed by atoms with Crippen molar-refractivity contribution in [3.8, 4) is 0 Å². The molecule has 0 radical (unpaired) electrons. The first-order chi connectivity index (χ1) is 11.9. The van der Waals surface area contributed by atoms with Crippen molar-refractivity contribution in [1.29, 1.82) is 0 Å². The molecule has 1 aliphatic rings. The molecule has 3 nitrogen and oxygen atoms in total. The summed E-state index contributed by atoms with van der Waals surface area (Å²) < 4.78 is 17.5. The van der Waals surface area contributed by atoms with Crippen LogP contribution in [0.3, 0.4) is 0 Å². The molecular formula is C22H40O3. The molecular weight excluding hydrogens is 312 g/mol.